The fourth-order valence-electron chi connectivity index (χ4n) is 2.96. The lowest BCUT2D eigenvalue weighted by molar-refractivity contribution is 0.294. The monoisotopic (exact) mass is 263 g/mol. The second kappa shape index (κ2) is 5.54. The lowest BCUT2D eigenvalue weighted by Crippen LogP contribution is -2.43. The summed E-state index contributed by atoms with van der Waals surface area (Å²) >= 11 is 2.08. The molecule has 1 aromatic rings. The molecule has 2 aliphatic rings. The maximum atomic E-state index is 5.78. The van der Waals surface area contributed by atoms with Gasteiger partial charge in [0.15, 0.2) is 0 Å². The van der Waals surface area contributed by atoms with Crippen LogP contribution in [0.2, 0.25) is 0 Å². The van der Waals surface area contributed by atoms with Crippen LogP contribution in [-0.2, 0) is 0 Å². The van der Waals surface area contributed by atoms with E-state index in [0.29, 0.717) is 18.0 Å². The Kier molecular flexibility index (Phi) is 3.80. The number of hydrogen-bond acceptors (Lipinski definition) is 3. The van der Waals surface area contributed by atoms with E-state index < -0.39 is 0 Å². The number of para-hydroxylation sites is 1. The minimum absolute atomic E-state index is 0.498. The van der Waals surface area contributed by atoms with E-state index in [1.54, 1.807) is 0 Å². The van der Waals surface area contributed by atoms with E-state index in [1.807, 2.05) is 0 Å². The molecule has 0 bridgehead atoms. The zero-order valence-corrected chi connectivity index (χ0v) is 11.7. The molecule has 0 aliphatic carbocycles. The largest absolute Gasteiger partial charge is 0.493 e. The molecular formula is C15H21NOS. The Hall–Kier alpha value is -0.670. The van der Waals surface area contributed by atoms with Crippen molar-refractivity contribution in [3.63, 3.8) is 0 Å². The van der Waals surface area contributed by atoms with Crippen LogP contribution in [0.4, 0.5) is 0 Å². The molecule has 1 fully saturated rings. The Labute approximate surface area is 113 Å². The molecule has 2 aliphatic heterocycles. The quantitative estimate of drug-likeness (QED) is 0.905. The fraction of sp³-hybridized carbons (Fsp3) is 0.600. The fourth-order valence-corrected chi connectivity index (χ4v) is 4.05. The second-order valence-corrected chi connectivity index (χ2v) is 6.47. The van der Waals surface area contributed by atoms with Crippen LogP contribution >= 0.6 is 11.8 Å². The SMILES string of the molecule is C[C@H](N[C@H]1CCCSC1)[C@@H]1COc2ccccc21. The van der Waals surface area contributed by atoms with E-state index >= 15 is 0 Å². The first-order valence-electron chi connectivity index (χ1n) is 6.90. The molecule has 2 nitrogen and oxygen atoms in total. The van der Waals surface area contributed by atoms with Gasteiger partial charge < -0.3 is 10.1 Å². The van der Waals surface area contributed by atoms with Crippen LogP contribution in [0.15, 0.2) is 24.3 Å². The summed E-state index contributed by atoms with van der Waals surface area (Å²) in [5.74, 6) is 4.18. The van der Waals surface area contributed by atoms with Gasteiger partial charge in [-0.3, -0.25) is 0 Å². The molecule has 98 valence electrons. The average Bonchev–Trinajstić information content (AvgIpc) is 2.84. The highest BCUT2D eigenvalue weighted by molar-refractivity contribution is 7.99. The van der Waals surface area contributed by atoms with Gasteiger partial charge in [-0.25, -0.2) is 0 Å². The molecule has 18 heavy (non-hydrogen) atoms. The molecule has 0 spiro atoms. The van der Waals surface area contributed by atoms with E-state index in [9.17, 15) is 0 Å². The first-order chi connectivity index (χ1) is 8.84. The standard InChI is InChI=1S/C15H21NOS/c1-11(16-12-5-4-8-18-10-12)14-9-17-15-7-3-2-6-13(14)15/h2-3,6-7,11-12,14,16H,4-5,8-10H2,1H3/t11-,12-,14-/m0/s1. The number of thioether (sulfide) groups is 1. The summed E-state index contributed by atoms with van der Waals surface area (Å²) in [7, 11) is 0. The molecule has 3 heteroatoms. The van der Waals surface area contributed by atoms with Crippen molar-refractivity contribution in [1.29, 1.82) is 0 Å². The Morgan fingerprint density at radius 3 is 3.11 bits per heavy atom. The molecule has 0 aromatic heterocycles. The van der Waals surface area contributed by atoms with Crippen LogP contribution in [0.1, 0.15) is 31.2 Å². The molecule has 3 rings (SSSR count). The Morgan fingerprint density at radius 1 is 1.39 bits per heavy atom. The van der Waals surface area contributed by atoms with Crippen molar-refractivity contribution in [2.45, 2.75) is 37.8 Å². The van der Waals surface area contributed by atoms with Gasteiger partial charge in [-0.2, -0.15) is 11.8 Å². The molecular weight excluding hydrogens is 242 g/mol. The number of ether oxygens (including phenoxy) is 1. The number of rotatable bonds is 3. The van der Waals surface area contributed by atoms with Crippen LogP contribution in [0.3, 0.4) is 0 Å². The van der Waals surface area contributed by atoms with Gasteiger partial charge in [0.05, 0.1) is 6.61 Å². The van der Waals surface area contributed by atoms with Crippen molar-refractivity contribution < 1.29 is 4.74 Å². The lowest BCUT2D eigenvalue weighted by atomic mass is 9.93. The lowest BCUT2D eigenvalue weighted by Gasteiger charge is -2.29. The van der Waals surface area contributed by atoms with Crippen molar-refractivity contribution in [2.24, 2.45) is 0 Å². The van der Waals surface area contributed by atoms with Gasteiger partial charge in [0, 0.05) is 29.3 Å². The Balaban J connectivity index is 1.64. The summed E-state index contributed by atoms with van der Waals surface area (Å²) in [4.78, 5) is 0. The first-order valence-corrected chi connectivity index (χ1v) is 8.05. The molecule has 0 unspecified atom stereocenters. The number of hydrogen-bond donors (Lipinski definition) is 1. The maximum Gasteiger partial charge on any atom is 0.122 e. The predicted molar refractivity (Wildman–Crippen MR) is 77.6 cm³/mol. The molecule has 1 saturated heterocycles. The first kappa shape index (κ1) is 12.4. The summed E-state index contributed by atoms with van der Waals surface area (Å²) in [6.45, 7) is 3.13. The topological polar surface area (TPSA) is 21.3 Å². The number of nitrogens with one attached hydrogen (secondary N) is 1. The van der Waals surface area contributed by atoms with Gasteiger partial charge >= 0.3 is 0 Å². The van der Waals surface area contributed by atoms with Crippen molar-refractivity contribution in [2.75, 3.05) is 18.1 Å². The summed E-state index contributed by atoms with van der Waals surface area (Å²) in [5.41, 5.74) is 1.38. The van der Waals surface area contributed by atoms with Gasteiger partial charge in [-0.05, 0) is 31.6 Å². The van der Waals surface area contributed by atoms with E-state index in [0.717, 1.165) is 12.4 Å². The van der Waals surface area contributed by atoms with Crippen molar-refractivity contribution in [3.8, 4) is 5.75 Å². The van der Waals surface area contributed by atoms with Gasteiger partial charge in [-0.15, -0.1) is 0 Å². The van der Waals surface area contributed by atoms with Crippen molar-refractivity contribution >= 4 is 11.8 Å². The van der Waals surface area contributed by atoms with Crippen LogP contribution in [-0.4, -0.2) is 30.2 Å². The third kappa shape index (κ3) is 2.52. The predicted octanol–water partition coefficient (Wildman–Crippen LogP) is 3.04. The molecule has 3 atom stereocenters. The maximum absolute atomic E-state index is 5.78. The van der Waals surface area contributed by atoms with E-state index in [4.69, 9.17) is 4.74 Å². The molecule has 2 heterocycles. The molecule has 1 aromatic carbocycles. The van der Waals surface area contributed by atoms with Crippen molar-refractivity contribution in [3.05, 3.63) is 29.8 Å². The van der Waals surface area contributed by atoms with Crippen LogP contribution < -0.4 is 10.1 Å². The number of fused-ring (bicyclic) bond motifs is 1. The van der Waals surface area contributed by atoms with Crippen LogP contribution in [0.25, 0.3) is 0 Å². The minimum atomic E-state index is 0.498. The van der Waals surface area contributed by atoms with Crippen LogP contribution in [0, 0.1) is 0 Å². The highest BCUT2D eigenvalue weighted by Gasteiger charge is 2.30. The number of benzene rings is 1. The Morgan fingerprint density at radius 2 is 2.28 bits per heavy atom. The zero-order chi connectivity index (χ0) is 12.4. The molecule has 1 N–H and O–H groups in total. The summed E-state index contributed by atoms with van der Waals surface area (Å²) in [6, 6.07) is 9.64. The third-order valence-corrected chi connectivity index (χ3v) is 5.21. The molecule has 0 radical (unpaired) electrons. The van der Waals surface area contributed by atoms with E-state index in [1.165, 1.54) is 29.9 Å². The second-order valence-electron chi connectivity index (χ2n) is 5.32. The zero-order valence-electron chi connectivity index (χ0n) is 10.9. The normalized spacial score (nSPS) is 28.5. The van der Waals surface area contributed by atoms with E-state index in [2.05, 4.69) is 48.3 Å². The van der Waals surface area contributed by atoms with Gasteiger partial charge in [-0.1, -0.05) is 18.2 Å². The van der Waals surface area contributed by atoms with E-state index in [-0.39, 0.29) is 0 Å². The third-order valence-electron chi connectivity index (χ3n) is 4.00. The van der Waals surface area contributed by atoms with Gasteiger partial charge in [0.1, 0.15) is 5.75 Å². The summed E-state index contributed by atoms with van der Waals surface area (Å²) in [6.07, 6.45) is 2.68. The average molecular weight is 263 g/mol. The smallest absolute Gasteiger partial charge is 0.122 e. The van der Waals surface area contributed by atoms with Gasteiger partial charge in [0.25, 0.3) is 0 Å². The summed E-state index contributed by atoms with van der Waals surface area (Å²) < 4.78 is 5.78. The Bertz CT molecular complexity index is 403. The highest BCUT2D eigenvalue weighted by atomic mass is 32.2. The highest BCUT2D eigenvalue weighted by Crippen LogP contribution is 2.35. The molecule has 0 saturated carbocycles. The van der Waals surface area contributed by atoms with Gasteiger partial charge in [0.2, 0.25) is 0 Å². The summed E-state index contributed by atoms with van der Waals surface area (Å²) in [5, 5.41) is 3.80. The molecule has 0 amide bonds. The minimum Gasteiger partial charge on any atom is -0.493 e. The van der Waals surface area contributed by atoms with Crippen LogP contribution in [0.5, 0.6) is 5.75 Å². The van der Waals surface area contributed by atoms with Crippen molar-refractivity contribution in [1.82, 2.24) is 5.32 Å².